The van der Waals surface area contributed by atoms with Gasteiger partial charge in [0.05, 0.1) is 22.5 Å². The van der Waals surface area contributed by atoms with Gasteiger partial charge in [0.2, 0.25) is 0 Å². The number of benzene rings is 1. The van der Waals surface area contributed by atoms with E-state index in [1.54, 1.807) is 6.20 Å². The van der Waals surface area contributed by atoms with Gasteiger partial charge in [-0.2, -0.15) is 0 Å². The van der Waals surface area contributed by atoms with E-state index < -0.39 is 0 Å². The van der Waals surface area contributed by atoms with E-state index in [0.717, 1.165) is 41.2 Å². The Balaban J connectivity index is 1.46. The molecular formula is C24H28N4O. The Morgan fingerprint density at radius 3 is 2.86 bits per heavy atom. The first-order valence-electron chi connectivity index (χ1n) is 10.5. The highest BCUT2D eigenvalue weighted by atomic mass is 16.1. The zero-order valence-electron chi connectivity index (χ0n) is 17.0. The van der Waals surface area contributed by atoms with Crippen molar-refractivity contribution in [2.75, 3.05) is 26.2 Å². The van der Waals surface area contributed by atoms with Crippen LogP contribution in [0.1, 0.15) is 36.5 Å². The van der Waals surface area contributed by atoms with Gasteiger partial charge in [-0.25, -0.2) is 4.98 Å². The molecule has 1 unspecified atom stereocenters. The van der Waals surface area contributed by atoms with E-state index in [1.165, 1.54) is 25.9 Å². The molecule has 3 aromatic rings. The normalized spacial score (nSPS) is 17.3. The molecule has 1 N–H and O–H groups in total. The second-order valence-corrected chi connectivity index (χ2v) is 7.94. The van der Waals surface area contributed by atoms with Crippen molar-refractivity contribution in [1.29, 1.82) is 0 Å². The molecule has 0 bridgehead atoms. The maximum atomic E-state index is 13.0. The average molecular weight is 389 g/mol. The summed E-state index contributed by atoms with van der Waals surface area (Å²) in [5, 5.41) is 3.98. The number of nitrogens with one attached hydrogen (secondary N) is 1. The minimum absolute atomic E-state index is 0.0483. The topological polar surface area (TPSA) is 58.1 Å². The van der Waals surface area contributed by atoms with Crippen molar-refractivity contribution in [3.8, 4) is 11.4 Å². The zero-order chi connectivity index (χ0) is 20.1. The summed E-state index contributed by atoms with van der Waals surface area (Å²) in [6, 6.07) is 15.4. The average Bonchev–Trinajstić information content (AvgIpc) is 2.76. The monoisotopic (exact) mass is 388 g/mol. The number of rotatable bonds is 6. The van der Waals surface area contributed by atoms with Gasteiger partial charge in [0.25, 0.3) is 5.91 Å². The third kappa shape index (κ3) is 4.80. The van der Waals surface area contributed by atoms with Crippen molar-refractivity contribution >= 4 is 16.8 Å². The number of hydrogen-bond donors (Lipinski definition) is 1. The molecule has 0 spiro atoms. The standard InChI is InChI=1S/C24H28N4O/c1-18-8-6-14-28(17-18)15-7-13-26-24(29)20-16-23(22-11-4-5-12-25-22)27-21-10-3-2-9-19(20)21/h2-5,9-12,16,18H,6-8,13-15,17H2,1H3,(H,26,29). The third-order valence-electron chi connectivity index (χ3n) is 5.57. The van der Waals surface area contributed by atoms with Crippen LogP contribution in [0, 0.1) is 5.92 Å². The number of amides is 1. The lowest BCUT2D eigenvalue weighted by Crippen LogP contribution is -2.36. The summed E-state index contributed by atoms with van der Waals surface area (Å²) in [6.45, 7) is 6.40. The number of aromatic nitrogens is 2. The van der Waals surface area contributed by atoms with E-state index in [2.05, 4.69) is 22.1 Å². The van der Waals surface area contributed by atoms with Crippen LogP contribution in [0.3, 0.4) is 0 Å². The highest BCUT2D eigenvalue weighted by molar-refractivity contribution is 6.07. The van der Waals surface area contributed by atoms with E-state index in [1.807, 2.05) is 48.5 Å². The lowest BCUT2D eigenvalue weighted by atomic mass is 10.0. The van der Waals surface area contributed by atoms with E-state index >= 15 is 0 Å². The van der Waals surface area contributed by atoms with Gasteiger partial charge in [0.15, 0.2) is 0 Å². The summed E-state index contributed by atoms with van der Waals surface area (Å²) in [7, 11) is 0. The summed E-state index contributed by atoms with van der Waals surface area (Å²) in [6.07, 6.45) is 5.33. The fraction of sp³-hybridized carbons (Fsp3) is 0.375. The second-order valence-electron chi connectivity index (χ2n) is 7.94. The Hall–Kier alpha value is -2.79. The maximum absolute atomic E-state index is 13.0. The number of piperidine rings is 1. The van der Waals surface area contributed by atoms with Crippen LogP contribution in [0.25, 0.3) is 22.3 Å². The van der Waals surface area contributed by atoms with Gasteiger partial charge in [-0.3, -0.25) is 9.78 Å². The molecule has 1 atom stereocenters. The van der Waals surface area contributed by atoms with E-state index in [-0.39, 0.29) is 5.91 Å². The number of fused-ring (bicyclic) bond motifs is 1. The Bertz CT molecular complexity index is 973. The molecule has 0 aliphatic carbocycles. The molecule has 3 heterocycles. The molecule has 5 heteroatoms. The van der Waals surface area contributed by atoms with E-state index in [9.17, 15) is 4.79 Å². The zero-order valence-corrected chi connectivity index (χ0v) is 17.0. The van der Waals surface area contributed by atoms with Crippen molar-refractivity contribution in [2.45, 2.75) is 26.2 Å². The van der Waals surface area contributed by atoms with Crippen LogP contribution in [-0.2, 0) is 0 Å². The molecule has 5 nitrogen and oxygen atoms in total. The SMILES string of the molecule is CC1CCCN(CCCNC(=O)c2cc(-c3ccccn3)nc3ccccc23)C1. The molecule has 1 aliphatic rings. The van der Waals surface area contributed by atoms with Crippen LogP contribution in [-0.4, -0.2) is 47.0 Å². The number of carbonyl (C=O) groups excluding carboxylic acids is 1. The maximum Gasteiger partial charge on any atom is 0.252 e. The minimum Gasteiger partial charge on any atom is -0.352 e. The summed E-state index contributed by atoms with van der Waals surface area (Å²) in [5.41, 5.74) is 2.95. The number of para-hydroxylation sites is 1. The largest absolute Gasteiger partial charge is 0.352 e. The molecule has 4 rings (SSSR count). The predicted molar refractivity (Wildman–Crippen MR) is 117 cm³/mol. The Kier molecular flexibility index (Phi) is 6.15. The Morgan fingerprint density at radius 1 is 1.17 bits per heavy atom. The van der Waals surface area contributed by atoms with Gasteiger partial charge < -0.3 is 10.2 Å². The fourth-order valence-corrected chi connectivity index (χ4v) is 4.10. The van der Waals surface area contributed by atoms with Gasteiger partial charge in [0, 0.05) is 24.7 Å². The fourth-order valence-electron chi connectivity index (χ4n) is 4.10. The smallest absolute Gasteiger partial charge is 0.252 e. The minimum atomic E-state index is -0.0483. The molecule has 0 radical (unpaired) electrons. The number of nitrogens with zero attached hydrogens (tertiary/aromatic N) is 3. The lowest BCUT2D eigenvalue weighted by Gasteiger charge is -2.30. The summed E-state index contributed by atoms with van der Waals surface area (Å²) in [4.78, 5) is 24.6. The molecule has 1 fully saturated rings. The molecule has 1 aliphatic heterocycles. The van der Waals surface area contributed by atoms with Gasteiger partial charge in [0.1, 0.15) is 0 Å². The molecule has 1 amide bonds. The van der Waals surface area contributed by atoms with Crippen molar-refractivity contribution in [2.24, 2.45) is 5.92 Å². The highest BCUT2D eigenvalue weighted by Crippen LogP contribution is 2.23. The number of carbonyl (C=O) groups is 1. The Morgan fingerprint density at radius 2 is 2.03 bits per heavy atom. The predicted octanol–water partition coefficient (Wildman–Crippen LogP) is 4.15. The van der Waals surface area contributed by atoms with Crippen LogP contribution in [0.2, 0.25) is 0 Å². The van der Waals surface area contributed by atoms with Gasteiger partial charge in [-0.05, 0) is 62.5 Å². The number of likely N-dealkylation sites (tertiary alicyclic amines) is 1. The molecule has 1 saturated heterocycles. The molecule has 29 heavy (non-hydrogen) atoms. The highest BCUT2D eigenvalue weighted by Gasteiger charge is 2.16. The number of hydrogen-bond acceptors (Lipinski definition) is 4. The quantitative estimate of drug-likeness (QED) is 0.645. The first-order valence-corrected chi connectivity index (χ1v) is 10.5. The van der Waals surface area contributed by atoms with Crippen molar-refractivity contribution in [3.63, 3.8) is 0 Å². The van der Waals surface area contributed by atoms with Crippen LogP contribution in [0.4, 0.5) is 0 Å². The van der Waals surface area contributed by atoms with Crippen molar-refractivity contribution < 1.29 is 4.79 Å². The Labute approximate surface area is 172 Å². The van der Waals surface area contributed by atoms with Gasteiger partial charge in [-0.1, -0.05) is 31.2 Å². The molecule has 150 valence electrons. The summed E-state index contributed by atoms with van der Waals surface area (Å²) in [5.74, 6) is 0.735. The first-order chi connectivity index (χ1) is 14.2. The molecule has 2 aromatic heterocycles. The van der Waals surface area contributed by atoms with Crippen molar-refractivity contribution in [3.05, 3.63) is 60.3 Å². The second kappa shape index (κ2) is 9.14. The summed E-state index contributed by atoms with van der Waals surface area (Å²) >= 11 is 0. The molecule has 0 saturated carbocycles. The molecular weight excluding hydrogens is 360 g/mol. The van der Waals surface area contributed by atoms with E-state index in [0.29, 0.717) is 12.1 Å². The van der Waals surface area contributed by atoms with Crippen LogP contribution in [0.5, 0.6) is 0 Å². The van der Waals surface area contributed by atoms with E-state index in [4.69, 9.17) is 4.98 Å². The van der Waals surface area contributed by atoms with Crippen LogP contribution < -0.4 is 5.32 Å². The van der Waals surface area contributed by atoms with Gasteiger partial charge >= 0.3 is 0 Å². The van der Waals surface area contributed by atoms with Crippen molar-refractivity contribution in [1.82, 2.24) is 20.2 Å². The van der Waals surface area contributed by atoms with Gasteiger partial charge in [-0.15, -0.1) is 0 Å². The van der Waals surface area contributed by atoms with Crippen LogP contribution in [0.15, 0.2) is 54.7 Å². The lowest BCUT2D eigenvalue weighted by molar-refractivity contribution is 0.0951. The molecule has 1 aromatic carbocycles. The third-order valence-corrected chi connectivity index (χ3v) is 5.57. The first kappa shape index (κ1) is 19.5. The summed E-state index contributed by atoms with van der Waals surface area (Å²) < 4.78 is 0. The number of pyridine rings is 2. The van der Waals surface area contributed by atoms with Crippen LogP contribution >= 0.6 is 0 Å².